The van der Waals surface area contributed by atoms with Gasteiger partial charge in [0, 0.05) is 70.5 Å². The fourth-order valence-corrected chi connectivity index (χ4v) is 11.2. The minimum atomic E-state index is 1.00. The number of pyridine rings is 1. The number of para-hydroxylation sites is 4. The van der Waals surface area contributed by atoms with Gasteiger partial charge in [0.15, 0.2) is 0 Å². The van der Waals surface area contributed by atoms with Crippen molar-refractivity contribution in [3.8, 4) is 16.8 Å². The summed E-state index contributed by atoms with van der Waals surface area (Å²) in [5.74, 6) is 0. The molecule has 15 rings (SSSR count). The van der Waals surface area contributed by atoms with Gasteiger partial charge in [-0.1, -0.05) is 140 Å². The Morgan fingerprint density at radius 1 is 0.339 bits per heavy atom. The van der Waals surface area contributed by atoms with Crippen LogP contribution in [0.5, 0.6) is 0 Å². The van der Waals surface area contributed by atoms with Gasteiger partial charge >= 0.3 is 0 Å². The van der Waals surface area contributed by atoms with Crippen LogP contribution in [-0.2, 0) is 0 Å². The third-order valence-electron chi connectivity index (χ3n) is 13.5. The fourth-order valence-electron chi connectivity index (χ4n) is 11.2. The molecule has 0 radical (unpaired) electrons. The molecule has 0 aliphatic carbocycles. The molecule has 0 aliphatic rings. The van der Waals surface area contributed by atoms with Crippen molar-refractivity contribution in [1.82, 2.24) is 18.4 Å². The first kappa shape index (κ1) is 30.2. The zero-order valence-electron chi connectivity index (χ0n) is 31.6. The largest absolute Gasteiger partial charge is 0.309 e. The first-order chi connectivity index (χ1) is 29.3. The normalized spacial score (nSPS) is 12.7. The van der Waals surface area contributed by atoms with Gasteiger partial charge in [0.1, 0.15) is 5.65 Å². The molecule has 0 aliphatic heterocycles. The maximum Gasteiger partial charge on any atom is 0.146 e. The van der Waals surface area contributed by atoms with Crippen LogP contribution in [0.15, 0.2) is 182 Å². The smallest absolute Gasteiger partial charge is 0.146 e. The van der Waals surface area contributed by atoms with E-state index >= 15 is 0 Å². The van der Waals surface area contributed by atoms with Crippen molar-refractivity contribution in [2.75, 3.05) is 0 Å². The highest BCUT2D eigenvalue weighted by Crippen LogP contribution is 2.50. The molecule has 4 nitrogen and oxygen atoms in total. The number of fused-ring (bicyclic) bond motifs is 20. The number of benzene rings is 9. The Hall–Kier alpha value is -7.95. The van der Waals surface area contributed by atoms with Crippen molar-refractivity contribution in [2.45, 2.75) is 0 Å². The van der Waals surface area contributed by atoms with Gasteiger partial charge in [-0.25, -0.2) is 4.98 Å². The summed E-state index contributed by atoms with van der Waals surface area (Å²) < 4.78 is 7.39. The molecule has 0 spiro atoms. The van der Waals surface area contributed by atoms with E-state index in [9.17, 15) is 0 Å². The maximum absolute atomic E-state index is 5.51. The highest BCUT2D eigenvalue weighted by molar-refractivity contribution is 6.40. The lowest BCUT2D eigenvalue weighted by Crippen LogP contribution is -1.93. The van der Waals surface area contributed by atoms with Gasteiger partial charge in [-0.05, 0) is 58.1 Å². The van der Waals surface area contributed by atoms with E-state index < -0.39 is 0 Å². The first-order valence-electron chi connectivity index (χ1n) is 20.4. The van der Waals surface area contributed by atoms with Crippen LogP contribution in [0.25, 0.3) is 136 Å². The second kappa shape index (κ2) is 10.5. The Balaban J connectivity index is 1.11. The summed E-state index contributed by atoms with van der Waals surface area (Å²) in [6, 6.07) is 64.9. The van der Waals surface area contributed by atoms with Crippen molar-refractivity contribution in [3.63, 3.8) is 0 Å². The number of aromatic nitrogens is 4. The van der Waals surface area contributed by atoms with Gasteiger partial charge in [-0.2, -0.15) is 0 Å². The van der Waals surface area contributed by atoms with Crippen molar-refractivity contribution in [3.05, 3.63) is 182 Å². The van der Waals surface area contributed by atoms with Crippen LogP contribution in [0.1, 0.15) is 0 Å². The summed E-state index contributed by atoms with van der Waals surface area (Å²) in [6.45, 7) is 0. The van der Waals surface area contributed by atoms with E-state index in [1.165, 1.54) is 125 Å². The second-order valence-corrected chi connectivity index (χ2v) is 16.3. The van der Waals surface area contributed by atoms with Crippen molar-refractivity contribution in [2.24, 2.45) is 0 Å². The number of hydrogen-bond acceptors (Lipinski definition) is 1. The van der Waals surface area contributed by atoms with E-state index in [1.807, 2.05) is 0 Å². The molecule has 0 unspecified atom stereocenters. The van der Waals surface area contributed by atoms with Gasteiger partial charge < -0.3 is 8.97 Å². The minimum Gasteiger partial charge on any atom is -0.309 e. The Bertz CT molecular complexity index is 4300. The second-order valence-electron chi connectivity index (χ2n) is 16.3. The quantitative estimate of drug-likeness (QED) is 0.173. The monoisotopic (exact) mass is 746 g/mol. The average molecular weight is 747 g/mol. The highest BCUT2D eigenvalue weighted by atomic mass is 15.0. The van der Waals surface area contributed by atoms with Crippen LogP contribution in [0.2, 0.25) is 0 Å². The predicted molar refractivity (Wildman–Crippen MR) is 248 cm³/mol. The van der Waals surface area contributed by atoms with Crippen LogP contribution in [-0.4, -0.2) is 18.4 Å². The van der Waals surface area contributed by atoms with Crippen LogP contribution in [0.4, 0.5) is 0 Å². The summed E-state index contributed by atoms with van der Waals surface area (Å²) in [7, 11) is 0. The molecule has 15 aromatic rings. The molecular weight excluding hydrogens is 717 g/mol. The van der Waals surface area contributed by atoms with Gasteiger partial charge in [0.05, 0.1) is 44.8 Å². The van der Waals surface area contributed by atoms with Crippen LogP contribution >= 0.6 is 0 Å². The molecule has 270 valence electrons. The molecule has 0 saturated heterocycles. The molecule has 0 atom stereocenters. The molecule has 9 aromatic carbocycles. The Kier molecular flexibility index (Phi) is 5.38. The van der Waals surface area contributed by atoms with E-state index in [0.717, 1.165) is 11.2 Å². The number of nitrogens with zero attached hydrogens (tertiary/aromatic N) is 4. The molecule has 0 bridgehead atoms. The summed E-state index contributed by atoms with van der Waals surface area (Å²) in [4.78, 5) is 5.51. The summed E-state index contributed by atoms with van der Waals surface area (Å²) in [5, 5.41) is 17.7. The van der Waals surface area contributed by atoms with Crippen LogP contribution < -0.4 is 0 Å². The molecule has 0 amide bonds. The Morgan fingerprint density at radius 2 is 1.02 bits per heavy atom. The SMILES string of the molecule is c1ccc(-n2c3ccccc3c3cc(-c4cccc5c6cccc7c8c9c%10c%11ccccc%11cc%11c%12ccc%13ccccc%13c%12n(c9cnc8n(c45)c67)c%11%10)ccc32)cc1. The molecule has 4 heteroatoms. The number of hydrogen-bond donors (Lipinski definition) is 0. The Morgan fingerprint density at radius 3 is 1.92 bits per heavy atom. The minimum absolute atomic E-state index is 1.00. The molecule has 0 fully saturated rings. The third-order valence-corrected chi connectivity index (χ3v) is 13.5. The lowest BCUT2D eigenvalue weighted by Gasteiger charge is -2.09. The standard InChI is InChI=1S/C55H30N4/c1-2-14-34(15-3-1)57-45-23-9-8-18-38(45)43-28-33(25-27-46(43)57)37-19-10-20-39-40-21-11-22-42-49-50-47(30-56-55(49)59(52(37)39)53(40)42)58-51-36-17-7-4-12-31(36)24-26-41(51)44-29-32-13-5-6-16-35(32)48(50)54(44)58/h1-30H. The van der Waals surface area contributed by atoms with Crippen LogP contribution in [0, 0.1) is 0 Å². The van der Waals surface area contributed by atoms with E-state index in [1.54, 1.807) is 0 Å². The summed E-state index contributed by atoms with van der Waals surface area (Å²) in [6.07, 6.45) is 2.15. The lowest BCUT2D eigenvalue weighted by atomic mass is 9.97. The highest BCUT2D eigenvalue weighted by Gasteiger charge is 2.27. The van der Waals surface area contributed by atoms with E-state index in [-0.39, 0.29) is 0 Å². The third kappa shape index (κ3) is 3.56. The fraction of sp³-hybridized carbons (Fsp3) is 0. The zero-order valence-corrected chi connectivity index (χ0v) is 31.6. The molecule has 6 aromatic heterocycles. The molecule has 0 N–H and O–H groups in total. The lowest BCUT2D eigenvalue weighted by molar-refractivity contribution is 1.18. The molecule has 0 saturated carbocycles. The van der Waals surface area contributed by atoms with Gasteiger partial charge in [-0.3, -0.25) is 4.40 Å². The van der Waals surface area contributed by atoms with Crippen molar-refractivity contribution in [1.29, 1.82) is 0 Å². The van der Waals surface area contributed by atoms with Gasteiger partial charge in [0.25, 0.3) is 0 Å². The van der Waals surface area contributed by atoms with Crippen molar-refractivity contribution >= 4 is 120 Å². The van der Waals surface area contributed by atoms with E-state index in [0.29, 0.717) is 0 Å². The first-order valence-corrected chi connectivity index (χ1v) is 20.4. The van der Waals surface area contributed by atoms with Crippen LogP contribution in [0.3, 0.4) is 0 Å². The van der Waals surface area contributed by atoms with Gasteiger partial charge in [0.2, 0.25) is 0 Å². The van der Waals surface area contributed by atoms with E-state index in [4.69, 9.17) is 4.98 Å². The topological polar surface area (TPSA) is 26.6 Å². The van der Waals surface area contributed by atoms with Gasteiger partial charge in [-0.15, -0.1) is 0 Å². The number of rotatable bonds is 2. The average Bonchev–Trinajstić information content (AvgIpc) is 4.09. The summed E-state index contributed by atoms with van der Waals surface area (Å²) in [5.41, 5.74) is 13.1. The van der Waals surface area contributed by atoms with E-state index in [2.05, 4.69) is 195 Å². The maximum atomic E-state index is 5.51. The summed E-state index contributed by atoms with van der Waals surface area (Å²) >= 11 is 0. The predicted octanol–water partition coefficient (Wildman–Crippen LogP) is 14.5. The van der Waals surface area contributed by atoms with Crippen molar-refractivity contribution < 1.29 is 0 Å². The molecule has 59 heavy (non-hydrogen) atoms. The molecule has 6 heterocycles. The Labute approximate surface area is 335 Å². The molecular formula is C55H30N4. The zero-order chi connectivity index (χ0) is 38.1.